The van der Waals surface area contributed by atoms with Gasteiger partial charge in [0.1, 0.15) is 5.52 Å². The van der Waals surface area contributed by atoms with Gasteiger partial charge in [0.05, 0.1) is 22.8 Å². The lowest BCUT2D eigenvalue weighted by Gasteiger charge is -2.32. The zero-order valence-corrected chi connectivity index (χ0v) is 16.9. The molecule has 1 saturated heterocycles. The Morgan fingerprint density at radius 2 is 1.57 bits per heavy atom. The Labute approximate surface area is 165 Å². The lowest BCUT2D eigenvalue weighted by Crippen LogP contribution is -2.41. The first-order chi connectivity index (χ1) is 13.2. The fraction of sp³-hybridized carbons (Fsp3) is 0.381. The Morgan fingerprint density at radius 3 is 2.25 bits per heavy atom. The molecule has 0 amide bonds. The average molecular weight is 376 g/mol. The highest BCUT2D eigenvalue weighted by molar-refractivity contribution is 6.62. The molecule has 1 N–H and O–H groups in total. The minimum Gasteiger partial charge on any atom is -0.399 e. The molecule has 0 aliphatic carbocycles. The van der Waals surface area contributed by atoms with E-state index in [0.717, 1.165) is 11.0 Å². The summed E-state index contributed by atoms with van der Waals surface area (Å²) < 4.78 is 12.2. The molecular weight excluding hydrogens is 351 g/mol. The van der Waals surface area contributed by atoms with E-state index in [2.05, 4.69) is 39.6 Å². The molecule has 2 heterocycles. The van der Waals surface area contributed by atoms with Crippen LogP contribution < -0.4 is 10.8 Å². The molecule has 1 fully saturated rings. The normalized spacial score (nSPS) is 19.0. The molecule has 0 unspecified atom stereocenters. The van der Waals surface area contributed by atoms with Crippen molar-refractivity contribution in [2.75, 3.05) is 5.32 Å². The van der Waals surface area contributed by atoms with Crippen LogP contribution in [0.15, 0.2) is 48.5 Å². The monoisotopic (exact) mass is 376 g/mol. The molecule has 4 rings (SSSR count). The standard InChI is InChI=1S/C21H25BN4O2/c1-14(15-9-7-6-8-10-15)23-19-24-17-12-11-16(13-18(17)25-26-19)22-27-20(2,3)21(4,5)28-22/h6-14H,1-5H3,(H,23,24,26)/t14-/m1/s1. The van der Waals surface area contributed by atoms with Crippen molar-refractivity contribution in [1.82, 2.24) is 15.2 Å². The smallest absolute Gasteiger partial charge is 0.399 e. The van der Waals surface area contributed by atoms with Gasteiger partial charge in [-0.05, 0) is 57.8 Å². The minimum absolute atomic E-state index is 0.0875. The van der Waals surface area contributed by atoms with Crippen LogP contribution >= 0.6 is 0 Å². The molecule has 7 heteroatoms. The van der Waals surface area contributed by atoms with E-state index in [9.17, 15) is 0 Å². The highest BCUT2D eigenvalue weighted by Gasteiger charge is 2.51. The lowest BCUT2D eigenvalue weighted by atomic mass is 9.79. The van der Waals surface area contributed by atoms with Crippen molar-refractivity contribution in [3.05, 3.63) is 54.1 Å². The van der Waals surface area contributed by atoms with Gasteiger partial charge >= 0.3 is 7.12 Å². The summed E-state index contributed by atoms with van der Waals surface area (Å²) in [6.07, 6.45) is 0. The second kappa shape index (κ2) is 6.83. The SMILES string of the molecule is C[C@@H](Nc1nnc2cc(B3OC(C)(C)C(C)(C)O3)ccc2n1)c1ccccc1. The molecule has 6 nitrogen and oxygen atoms in total. The van der Waals surface area contributed by atoms with Gasteiger partial charge in [0, 0.05) is 0 Å². The molecule has 1 aliphatic rings. The van der Waals surface area contributed by atoms with Gasteiger partial charge in [-0.3, -0.25) is 0 Å². The van der Waals surface area contributed by atoms with Gasteiger partial charge in [-0.15, -0.1) is 10.2 Å². The predicted octanol–water partition coefficient (Wildman–Crippen LogP) is 3.50. The van der Waals surface area contributed by atoms with Crippen LogP contribution in [-0.2, 0) is 9.31 Å². The van der Waals surface area contributed by atoms with Crippen molar-refractivity contribution in [3.63, 3.8) is 0 Å². The third-order valence-electron chi connectivity index (χ3n) is 5.65. The Kier molecular flexibility index (Phi) is 4.60. The Morgan fingerprint density at radius 1 is 0.893 bits per heavy atom. The van der Waals surface area contributed by atoms with Crippen molar-refractivity contribution in [2.45, 2.75) is 51.9 Å². The second-order valence-corrected chi connectivity index (χ2v) is 8.25. The fourth-order valence-corrected chi connectivity index (χ4v) is 3.16. The maximum absolute atomic E-state index is 6.12. The summed E-state index contributed by atoms with van der Waals surface area (Å²) in [5.41, 5.74) is 2.82. The zero-order chi connectivity index (χ0) is 19.9. The molecule has 2 aromatic carbocycles. The number of aromatic nitrogens is 3. The van der Waals surface area contributed by atoms with Crippen LogP contribution in [0.2, 0.25) is 0 Å². The van der Waals surface area contributed by atoms with Crippen LogP contribution in [0.1, 0.15) is 46.2 Å². The Hall–Kier alpha value is -2.51. The maximum Gasteiger partial charge on any atom is 0.494 e. The number of nitrogens with one attached hydrogen (secondary N) is 1. The van der Waals surface area contributed by atoms with Crippen LogP contribution in [0.25, 0.3) is 11.0 Å². The Bertz CT molecular complexity index is 978. The maximum atomic E-state index is 6.12. The molecule has 1 atom stereocenters. The molecule has 0 saturated carbocycles. The van der Waals surface area contributed by atoms with Crippen molar-refractivity contribution in [1.29, 1.82) is 0 Å². The van der Waals surface area contributed by atoms with E-state index in [0.29, 0.717) is 11.5 Å². The van der Waals surface area contributed by atoms with Crippen molar-refractivity contribution in [3.8, 4) is 0 Å². The number of rotatable bonds is 4. The van der Waals surface area contributed by atoms with Crippen molar-refractivity contribution in [2.24, 2.45) is 0 Å². The highest BCUT2D eigenvalue weighted by atomic mass is 16.7. The van der Waals surface area contributed by atoms with Crippen LogP contribution in [-0.4, -0.2) is 33.5 Å². The van der Waals surface area contributed by atoms with Gasteiger partial charge in [0.15, 0.2) is 0 Å². The van der Waals surface area contributed by atoms with E-state index in [4.69, 9.17) is 9.31 Å². The molecule has 3 aromatic rings. The number of benzene rings is 2. The van der Waals surface area contributed by atoms with E-state index in [-0.39, 0.29) is 17.2 Å². The summed E-state index contributed by atoms with van der Waals surface area (Å²) in [5.74, 6) is 0.507. The van der Waals surface area contributed by atoms with Gasteiger partial charge in [-0.1, -0.05) is 36.4 Å². The number of fused-ring (bicyclic) bond motifs is 1. The number of hydrogen-bond acceptors (Lipinski definition) is 6. The largest absolute Gasteiger partial charge is 0.494 e. The van der Waals surface area contributed by atoms with Gasteiger partial charge in [0.25, 0.3) is 0 Å². The molecule has 0 spiro atoms. The summed E-state index contributed by atoms with van der Waals surface area (Å²) in [6, 6.07) is 16.1. The molecule has 144 valence electrons. The van der Waals surface area contributed by atoms with Gasteiger partial charge in [-0.25, -0.2) is 4.98 Å². The summed E-state index contributed by atoms with van der Waals surface area (Å²) in [7, 11) is -0.424. The summed E-state index contributed by atoms with van der Waals surface area (Å²) in [4.78, 5) is 4.60. The van der Waals surface area contributed by atoms with Crippen LogP contribution in [0.4, 0.5) is 5.95 Å². The molecule has 0 radical (unpaired) electrons. The first kappa shape index (κ1) is 18.8. The zero-order valence-electron chi connectivity index (χ0n) is 16.9. The number of nitrogens with zero attached hydrogens (tertiary/aromatic N) is 3. The second-order valence-electron chi connectivity index (χ2n) is 8.25. The molecule has 1 aliphatic heterocycles. The molecule has 28 heavy (non-hydrogen) atoms. The highest BCUT2D eigenvalue weighted by Crippen LogP contribution is 2.36. The van der Waals surface area contributed by atoms with E-state index < -0.39 is 7.12 Å². The van der Waals surface area contributed by atoms with Crippen molar-refractivity contribution >= 4 is 29.6 Å². The average Bonchev–Trinajstić information content (AvgIpc) is 2.89. The third-order valence-corrected chi connectivity index (χ3v) is 5.65. The van der Waals surface area contributed by atoms with E-state index >= 15 is 0 Å². The van der Waals surface area contributed by atoms with Crippen LogP contribution in [0.5, 0.6) is 0 Å². The lowest BCUT2D eigenvalue weighted by molar-refractivity contribution is 0.00578. The van der Waals surface area contributed by atoms with E-state index in [1.807, 2.05) is 64.1 Å². The molecule has 0 bridgehead atoms. The molecular formula is C21H25BN4O2. The first-order valence-electron chi connectivity index (χ1n) is 9.57. The van der Waals surface area contributed by atoms with Gasteiger partial charge in [0.2, 0.25) is 5.95 Å². The fourth-order valence-electron chi connectivity index (χ4n) is 3.16. The van der Waals surface area contributed by atoms with Crippen molar-refractivity contribution < 1.29 is 9.31 Å². The summed E-state index contributed by atoms with van der Waals surface area (Å²) in [5, 5.41) is 11.9. The summed E-state index contributed by atoms with van der Waals surface area (Å²) >= 11 is 0. The quantitative estimate of drug-likeness (QED) is 0.703. The molecule has 1 aromatic heterocycles. The predicted molar refractivity (Wildman–Crippen MR) is 112 cm³/mol. The number of hydrogen-bond donors (Lipinski definition) is 1. The van der Waals surface area contributed by atoms with Gasteiger partial charge < -0.3 is 14.6 Å². The van der Waals surface area contributed by atoms with E-state index in [1.54, 1.807) is 0 Å². The van der Waals surface area contributed by atoms with Gasteiger partial charge in [-0.2, -0.15) is 0 Å². The number of anilines is 1. The van der Waals surface area contributed by atoms with Crippen LogP contribution in [0.3, 0.4) is 0 Å². The third kappa shape index (κ3) is 3.47. The topological polar surface area (TPSA) is 69.2 Å². The van der Waals surface area contributed by atoms with Crippen LogP contribution in [0, 0.1) is 0 Å². The summed E-state index contributed by atoms with van der Waals surface area (Å²) in [6.45, 7) is 10.2. The Balaban J connectivity index is 1.55. The minimum atomic E-state index is -0.424. The van der Waals surface area contributed by atoms with E-state index in [1.165, 1.54) is 5.56 Å². The first-order valence-corrected chi connectivity index (χ1v) is 9.57.